The second kappa shape index (κ2) is 7.13. The summed E-state index contributed by atoms with van der Waals surface area (Å²) in [6.07, 6.45) is 6.25. The number of hydrogen-bond donors (Lipinski definition) is 2. The minimum atomic E-state index is -0.0175. The number of nitrogens with zero attached hydrogens (tertiary/aromatic N) is 3. The third kappa shape index (κ3) is 3.45. The summed E-state index contributed by atoms with van der Waals surface area (Å²) in [6.45, 7) is 3.93. The van der Waals surface area contributed by atoms with Crippen LogP contribution in [0.25, 0.3) is 0 Å². The van der Waals surface area contributed by atoms with Crippen molar-refractivity contribution in [3.8, 4) is 0 Å². The van der Waals surface area contributed by atoms with Crippen LogP contribution >= 0.6 is 0 Å². The number of amidine groups is 1. The number of nitrogens with one attached hydrogen (secondary N) is 1. The molecule has 1 saturated heterocycles. The quantitative estimate of drug-likeness (QED) is 0.876. The van der Waals surface area contributed by atoms with Crippen molar-refractivity contribution in [1.29, 1.82) is 0 Å². The number of aliphatic imine (C=N–C) groups is 1. The van der Waals surface area contributed by atoms with Crippen LogP contribution < -0.4 is 5.32 Å². The molecule has 0 radical (unpaired) electrons. The summed E-state index contributed by atoms with van der Waals surface area (Å²) in [5, 5.41) is 13.1. The molecule has 4 rings (SSSR count). The molecule has 6 nitrogen and oxygen atoms in total. The molecule has 0 unspecified atom stereocenters. The predicted octanol–water partition coefficient (Wildman–Crippen LogP) is 1.76. The Hall–Kier alpha value is -2.57. The van der Waals surface area contributed by atoms with Crippen LogP contribution in [-0.4, -0.2) is 60.2 Å². The van der Waals surface area contributed by atoms with E-state index in [1.54, 1.807) is 0 Å². The first-order valence-electron chi connectivity index (χ1n) is 8.56. The number of allylic oxidation sites excluding steroid dienone is 1. The van der Waals surface area contributed by atoms with Gasteiger partial charge in [-0.15, -0.1) is 0 Å². The molecule has 3 aliphatic heterocycles. The summed E-state index contributed by atoms with van der Waals surface area (Å²) in [5.41, 5.74) is 3.00. The lowest BCUT2D eigenvalue weighted by Crippen LogP contribution is -2.39. The Balaban J connectivity index is 1.60. The number of fused-ring (bicyclic) bond motifs is 1. The minimum Gasteiger partial charge on any atom is -0.392 e. The Bertz CT molecular complexity index is 746. The van der Waals surface area contributed by atoms with Crippen LogP contribution in [0.5, 0.6) is 0 Å². The van der Waals surface area contributed by atoms with Gasteiger partial charge in [0.05, 0.1) is 26.4 Å². The summed E-state index contributed by atoms with van der Waals surface area (Å²) in [4.78, 5) is 9.14. The highest BCUT2D eigenvalue weighted by Gasteiger charge is 2.23. The second-order valence-electron chi connectivity index (χ2n) is 6.18. The Kier molecular flexibility index (Phi) is 4.54. The van der Waals surface area contributed by atoms with E-state index in [4.69, 9.17) is 9.73 Å². The van der Waals surface area contributed by atoms with Crippen molar-refractivity contribution in [2.75, 3.05) is 44.8 Å². The van der Waals surface area contributed by atoms with Gasteiger partial charge in [-0.25, -0.2) is 4.99 Å². The number of aliphatic hydroxyl groups excluding tert-OH is 1. The van der Waals surface area contributed by atoms with Crippen molar-refractivity contribution in [3.05, 3.63) is 65.8 Å². The Labute approximate surface area is 147 Å². The van der Waals surface area contributed by atoms with Crippen LogP contribution in [0.4, 0.5) is 5.69 Å². The monoisotopic (exact) mass is 338 g/mol. The standard InChI is InChI=1S/C19H22N4O2/c24-14-15-13-23-7-6-17(22-8-10-25-11-9-22)12-18(23)21-19(15)20-16-4-2-1-3-5-16/h1-7,12,20,24H,8-11,13-14H2. The Morgan fingerprint density at radius 3 is 2.72 bits per heavy atom. The van der Waals surface area contributed by atoms with Crippen LogP contribution in [0.2, 0.25) is 0 Å². The van der Waals surface area contributed by atoms with Gasteiger partial charge in [-0.3, -0.25) is 0 Å². The lowest BCUT2D eigenvalue weighted by Gasteiger charge is -2.35. The Morgan fingerprint density at radius 2 is 1.96 bits per heavy atom. The topological polar surface area (TPSA) is 60.3 Å². The molecule has 25 heavy (non-hydrogen) atoms. The fourth-order valence-electron chi connectivity index (χ4n) is 3.13. The summed E-state index contributed by atoms with van der Waals surface area (Å²) in [5.74, 6) is 1.62. The fourth-order valence-corrected chi connectivity index (χ4v) is 3.13. The smallest absolute Gasteiger partial charge is 0.137 e. The highest BCUT2D eigenvalue weighted by Crippen LogP contribution is 2.23. The van der Waals surface area contributed by atoms with Gasteiger partial charge in [-0.2, -0.15) is 0 Å². The molecule has 6 heteroatoms. The number of ether oxygens (including phenoxy) is 1. The molecular formula is C19H22N4O2. The first-order valence-corrected chi connectivity index (χ1v) is 8.56. The van der Waals surface area contributed by atoms with Crippen LogP contribution in [0.3, 0.4) is 0 Å². The molecule has 1 aromatic rings. The van der Waals surface area contributed by atoms with Crippen molar-refractivity contribution in [2.24, 2.45) is 4.99 Å². The van der Waals surface area contributed by atoms with Crippen molar-refractivity contribution in [1.82, 2.24) is 9.80 Å². The molecule has 130 valence electrons. The first-order chi connectivity index (χ1) is 12.3. The van der Waals surface area contributed by atoms with E-state index in [-0.39, 0.29) is 6.61 Å². The van der Waals surface area contributed by atoms with Gasteiger partial charge in [0, 0.05) is 42.3 Å². The minimum absolute atomic E-state index is 0.0175. The predicted molar refractivity (Wildman–Crippen MR) is 97.9 cm³/mol. The highest BCUT2D eigenvalue weighted by atomic mass is 16.5. The molecule has 0 aliphatic carbocycles. The lowest BCUT2D eigenvalue weighted by molar-refractivity contribution is 0.0553. The summed E-state index contributed by atoms with van der Waals surface area (Å²) in [6, 6.07) is 9.91. The molecule has 0 amide bonds. The molecule has 2 N–H and O–H groups in total. The molecule has 3 heterocycles. The molecule has 0 saturated carbocycles. The van der Waals surface area contributed by atoms with Gasteiger partial charge in [0.15, 0.2) is 0 Å². The van der Waals surface area contributed by atoms with Crippen molar-refractivity contribution < 1.29 is 9.84 Å². The first kappa shape index (κ1) is 15.9. The largest absolute Gasteiger partial charge is 0.392 e. The van der Waals surface area contributed by atoms with E-state index < -0.39 is 0 Å². The molecule has 0 spiro atoms. The maximum Gasteiger partial charge on any atom is 0.137 e. The highest BCUT2D eigenvalue weighted by molar-refractivity contribution is 5.97. The summed E-state index contributed by atoms with van der Waals surface area (Å²) >= 11 is 0. The van der Waals surface area contributed by atoms with Crippen molar-refractivity contribution in [2.45, 2.75) is 0 Å². The van der Waals surface area contributed by atoms with Gasteiger partial charge >= 0.3 is 0 Å². The maximum atomic E-state index is 9.73. The van der Waals surface area contributed by atoms with Gasteiger partial charge < -0.3 is 25.0 Å². The van der Waals surface area contributed by atoms with Crippen molar-refractivity contribution in [3.63, 3.8) is 0 Å². The van der Waals surface area contributed by atoms with Crippen LogP contribution in [0.15, 0.2) is 70.8 Å². The molecule has 1 aromatic carbocycles. The zero-order valence-corrected chi connectivity index (χ0v) is 14.1. The van der Waals surface area contributed by atoms with E-state index in [9.17, 15) is 5.11 Å². The SMILES string of the molecule is OCC1=C(Nc2ccccc2)N=C2C=C(N3CCOCC3)C=CN2C1. The second-order valence-corrected chi connectivity index (χ2v) is 6.18. The van der Waals surface area contributed by atoms with E-state index in [2.05, 4.69) is 27.3 Å². The van der Waals surface area contributed by atoms with Crippen LogP contribution in [0, 0.1) is 0 Å². The number of rotatable bonds is 4. The zero-order valence-electron chi connectivity index (χ0n) is 14.1. The Morgan fingerprint density at radius 1 is 1.16 bits per heavy atom. The van der Waals surface area contributed by atoms with E-state index >= 15 is 0 Å². The third-order valence-electron chi connectivity index (χ3n) is 4.52. The van der Waals surface area contributed by atoms with Crippen molar-refractivity contribution >= 4 is 11.5 Å². The van der Waals surface area contributed by atoms with Gasteiger partial charge in [-0.05, 0) is 18.2 Å². The van der Waals surface area contributed by atoms with E-state index in [1.807, 2.05) is 36.5 Å². The fraction of sp³-hybridized carbons (Fsp3) is 0.316. The molecular weight excluding hydrogens is 316 g/mol. The molecule has 3 aliphatic rings. The summed E-state index contributed by atoms with van der Waals surface area (Å²) < 4.78 is 5.43. The molecule has 0 atom stereocenters. The van der Waals surface area contributed by atoms with Gasteiger partial charge in [0.25, 0.3) is 0 Å². The number of hydrogen-bond acceptors (Lipinski definition) is 6. The van der Waals surface area contributed by atoms with Gasteiger partial charge in [0.1, 0.15) is 11.7 Å². The lowest BCUT2D eigenvalue weighted by atomic mass is 10.1. The zero-order chi connectivity index (χ0) is 17.1. The van der Waals surface area contributed by atoms with E-state index in [1.165, 1.54) is 0 Å². The molecule has 0 bridgehead atoms. The number of para-hydroxylation sites is 1. The van der Waals surface area contributed by atoms with E-state index in [0.717, 1.165) is 54.9 Å². The molecule has 1 fully saturated rings. The normalized spacial score (nSPS) is 20.2. The maximum absolute atomic E-state index is 9.73. The third-order valence-corrected chi connectivity index (χ3v) is 4.52. The van der Waals surface area contributed by atoms with Gasteiger partial charge in [0.2, 0.25) is 0 Å². The number of anilines is 1. The average molecular weight is 338 g/mol. The van der Waals surface area contributed by atoms with E-state index in [0.29, 0.717) is 6.54 Å². The number of aliphatic hydroxyl groups is 1. The number of benzene rings is 1. The number of morpholine rings is 1. The van der Waals surface area contributed by atoms with Gasteiger partial charge in [-0.1, -0.05) is 18.2 Å². The van der Waals surface area contributed by atoms with Crippen LogP contribution in [0.1, 0.15) is 0 Å². The molecule has 0 aromatic heterocycles. The summed E-state index contributed by atoms with van der Waals surface area (Å²) in [7, 11) is 0. The van der Waals surface area contributed by atoms with Crippen LogP contribution in [-0.2, 0) is 4.74 Å². The average Bonchev–Trinajstić information content (AvgIpc) is 2.68.